The molecule has 0 saturated carbocycles. The molecule has 0 N–H and O–H groups in total. The lowest BCUT2D eigenvalue weighted by Crippen LogP contribution is -2.11. The van der Waals surface area contributed by atoms with Gasteiger partial charge in [-0.1, -0.05) is 6.08 Å². The SMILES string of the molecule is C=CCC(F)CC(F)CF. The number of rotatable bonds is 5. The highest BCUT2D eigenvalue weighted by molar-refractivity contribution is 4.74. The van der Waals surface area contributed by atoms with E-state index in [4.69, 9.17) is 0 Å². The minimum Gasteiger partial charge on any atom is -0.248 e. The van der Waals surface area contributed by atoms with Crippen LogP contribution < -0.4 is 0 Å². The monoisotopic (exact) mass is 152 g/mol. The van der Waals surface area contributed by atoms with Gasteiger partial charge in [0.25, 0.3) is 0 Å². The Morgan fingerprint density at radius 3 is 2.30 bits per heavy atom. The van der Waals surface area contributed by atoms with Crippen LogP contribution in [0.4, 0.5) is 13.2 Å². The first-order chi connectivity index (χ1) is 4.70. The maximum absolute atomic E-state index is 12.4. The van der Waals surface area contributed by atoms with Gasteiger partial charge in [0, 0.05) is 6.42 Å². The van der Waals surface area contributed by atoms with Crippen LogP contribution in [0.3, 0.4) is 0 Å². The molecule has 60 valence electrons. The summed E-state index contributed by atoms with van der Waals surface area (Å²) in [4.78, 5) is 0. The zero-order chi connectivity index (χ0) is 7.98. The van der Waals surface area contributed by atoms with E-state index >= 15 is 0 Å². The highest BCUT2D eigenvalue weighted by Gasteiger charge is 2.12. The summed E-state index contributed by atoms with van der Waals surface area (Å²) in [6, 6.07) is 0. The molecule has 0 aliphatic rings. The summed E-state index contributed by atoms with van der Waals surface area (Å²) >= 11 is 0. The summed E-state index contributed by atoms with van der Waals surface area (Å²) < 4.78 is 35.8. The predicted octanol–water partition coefficient (Wildman–Crippen LogP) is 2.60. The maximum Gasteiger partial charge on any atom is 0.131 e. The van der Waals surface area contributed by atoms with Crippen molar-refractivity contribution in [2.45, 2.75) is 25.2 Å². The fourth-order valence-electron chi connectivity index (χ4n) is 0.618. The lowest BCUT2D eigenvalue weighted by atomic mass is 10.1. The van der Waals surface area contributed by atoms with Gasteiger partial charge in [-0.2, -0.15) is 0 Å². The quantitative estimate of drug-likeness (QED) is 0.531. The second-order valence-corrected chi connectivity index (χ2v) is 2.11. The molecular formula is C7H11F3. The van der Waals surface area contributed by atoms with Gasteiger partial charge >= 0.3 is 0 Å². The third-order valence-electron chi connectivity index (χ3n) is 1.10. The van der Waals surface area contributed by atoms with Crippen LogP contribution in [0.25, 0.3) is 0 Å². The average Bonchev–Trinajstić information content (AvgIpc) is 1.88. The van der Waals surface area contributed by atoms with E-state index in [1.165, 1.54) is 6.08 Å². The van der Waals surface area contributed by atoms with Gasteiger partial charge in [0.2, 0.25) is 0 Å². The largest absolute Gasteiger partial charge is 0.248 e. The van der Waals surface area contributed by atoms with E-state index in [0.29, 0.717) is 0 Å². The van der Waals surface area contributed by atoms with Crippen molar-refractivity contribution in [3.05, 3.63) is 12.7 Å². The molecule has 0 fully saturated rings. The normalized spacial score (nSPS) is 16.3. The van der Waals surface area contributed by atoms with E-state index < -0.39 is 19.0 Å². The molecule has 0 heterocycles. The first-order valence-electron chi connectivity index (χ1n) is 3.15. The zero-order valence-electron chi connectivity index (χ0n) is 5.69. The Hall–Kier alpha value is -0.470. The van der Waals surface area contributed by atoms with Crippen LogP contribution in [0.15, 0.2) is 12.7 Å². The molecule has 0 aromatic carbocycles. The Balaban J connectivity index is 3.35. The van der Waals surface area contributed by atoms with Crippen LogP contribution >= 0.6 is 0 Å². The molecule has 0 bridgehead atoms. The fourth-order valence-corrected chi connectivity index (χ4v) is 0.618. The summed E-state index contributed by atoms with van der Waals surface area (Å²) in [5.74, 6) is 0. The molecule has 2 unspecified atom stereocenters. The Morgan fingerprint density at radius 1 is 1.30 bits per heavy atom. The minimum absolute atomic E-state index is 0.0976. The predicted molar refractivity (Wildman–Crippen MR) is 35.2 cm³/mol. The molecule has 0 aliphatic heterocycles. The van der Waals surface area contributed by atoms with Crippen LogP contribution in [0, 0.1) is 0 Å². The second-order valence-electron chi connectivity index (χ2n) is 2.11. The van der Waals surface area contributed by atoms with Crippen molar-refractivity contribution in [3.8, 4) is 0 Å². The molecule has 0 nitrogen and oxygen atoms in total. The van der Waals surface area contributed by atoms with E-state index in [1.807, 2.05) is 0 Å². The molecule has 0 aromatic heterocycles. The molecular weight excluding hydrogens is 141 g/mol. The first-order valence-corrected chi connectivity index (χ1v) is 3.15. The highest BCUT2D eigenvalue weighted by Crippen LogP contribution is 2.10. The van der Waals surface area contributed by atoms with E-state index in [-0.39, 0.29) is 12.8 Å². The number of halogens is 3. The molecule has 3 heteroatoms. The third kappa shape index (κ3) is 4.41. The van der Waals surface area contributed by atoms with Gasteiger partial charge < -0.3 is 0 Å². The topological polar surface area (TPSA) is 0 Å². The van der Waals surface area contributed by atoms with Crippen molar-refractivity contribution < 1.29 is 13.2 Å². The van der Waals surface area contributed by atoms with E-state index in [2.05, 4.69) is 6.58 Å². The van der Waals surface area contributed by atoms with Crippen molar-refractivity contribution in [1.29, 1.82) is 0 Å². The summed E-state index contributed by atoms with van der Waals surface area (Å²) in [7, 11) is 0. The Bertz CT molecular complexity index is 92.9. The molecule has 2 atom stereocenters. The molecule has 0 amide bonds. The number of alkyl halides is 3. The van der Waals surface area contributed by atoms with Crippen molar-refractivity contribution >= 4 is 0 Å². The summed E-state index contributed by atoms with van der Waals surface area (Å²) in [5.41, 5.74) is 0. The van der Waals surface area contributed by atoms with Crippen LogP contribution in [0.2, 0.25) is 0 Å². The molecule has 0 saturated heterocycles. The van der Waals surface area contributed by atoms with Crippen molar-refractivity contribution in [2.24, 2.45) is 0 Å². The average molecular weight is 152 g/mol. The van der Waals surface area contributed by atoms with Gasteiger partial charge in [0.1, 0.15) is 19.0 Å². The Labute approximate surface area is 58.7 Å². The van der Waals surface area contributed by atoms with Crippen LogP contribution in [0.1, 0.15) is 12.8 Å². The smallest absolute Gasteiger partial charge is 0.131 e. The van der Waals surface area contributed by atoms with E-state index in [9.17, 15) is 13.2 Å². The van der Waals surface area contributed by atoms with Gasteiger partial charge in [-0.25, -0.2) is 13.2 Å². The van der Waals surface area contributed by atoms with Gasteiger partial charge in [-0.15, -0.1) is 6.58 Å². The van der Waals surface area contributed by atoms with Gasteiger partial charge in [0.15, 0.2) is 0 Å². The van der Waals surface area contributed by atoms with Crippen molar-refractivity contribution in [2.75, 3.05) is 6.67 Å². The van der Waals surface area contributed by atoms with Gasteiger partial charge in [-0.3, -0.25) is 0 Å². The van der Waals surface area contributed by atoms with Crippen LogP contribution in [0.5, 0.6) is 0 Å². The molecule has 10 heavy (non-hydrogen) atoms. The molecule has 0 radical (unpaired) electrons. The highest BCUT2D eigenvalue weighted by atomic mass is 19.2. The van der Waals surface area contributed by atoms with Crippen molar-refractivity contribution in [1.82, 2.24) is 0 Å². The minimum atomic E-state index is -1.66. The van der Waals surface area contributed by atoms with Crippen LogP contribution in [-0.4, -0.2) is 19.0 Å². The fraction of sp³-hybridized carbons (Fsp3) is 0.714. The van der Waals surface area contributed by atoms with E-state index in [1.54, 1.807) is 0 Å². The number of hydrogen-bond acceptors (Lipinski definition) is 0. The van der Waals surface area contributed by atoms with Crippen LogP contribution in [-0.2, 0) is 0 Å². The summed E-state index contributed by atoms with van der Waals surface area (Å²) in [5, 5.41) is 0. The maximum atomic E-state index is 12.4. The summed E-state index contributed by atoms with van der Waals surface area (Å²) in [6.07, 6.45) is -1.85. The lowest BCUT2D eigenvalue weighted by molar-refractivity contribution is 0.187. The number of hydrogen-bond donors (Lipinski definition) is 0. The zero-order valence-corrected chi connectivity index (χ0v) is 5.69. The third-order valence-corrected chi connectivity index (χ3v) is 1.10. The Morgan fingerprint density at radius 2 is 1.90 bits per heavy atom. The van der Waals surface area contributed by atoms with Gasteiger partial charge in [0.05, 0.1) is 0 Å². The second kappa shape index (κ2) is 5.33. The molecule has 0 aromatic rings. The molecule has 0 rings (SSSR count). The summed E-state index contributed by atoms with van der Waals surface area (Å²) in [6.45, 7) is 2.18. The Kier molecular flexibility index (Phi) is 5.08. The molecule has 0 spiro atoms. The number of allylic oxidation sites excluding steroid dienone is 1. The van der Waals surface area contributed by atoms with Crippen molar-refractivity contribution in [3.63, 3.8) is 0 Å². The van der Waals surface area contributed by atoms with E-state index in [0.717, 1.165) is 0 Å². The van der Waals surface area contributed by atoms with Gasteiger partial charge in [-0.05, 0) is 6.42 Å². The first kappa shape index (κ1) is 9.53. The molecule has 0 aliphatic carbocycles. The lowest BCUT2D eigenvalue weighted by Gasteiger charge is -2.05. The standard InChI is InChI=1S/C7H11F3/c1-2-3-6(9)4-7(10)5-8/h2,6-7H,1,3-5H2.